The topological polar surface area (TPSA) is 77.2 Å². The first kappa shape index (κ1) is 24.4. The molecule has 1 aliphatic rings. The Kier molecular flexibility index (Phi) is 7.05. The predicted octanol–water partition coefficient (Wildman–Crippen LogP) is 6.63. The molecule has 2 atom stereocenters. The summed E-state index contributed by atoms with van der Waals surface area (Å²) in [6.45, 7) is 2.62. The summed E-state index contributed by atoms with van der Waals surface area (Å²) in [6, 6.07) is 14.9. The van der Waals surface area contributed by atoms with Crippen molar-refractivity contribution in [3.05, 3.63) is 87.7 Å². The van der Waals surface area contributed by atoms with Gasteiger partial charge in [-0.05, 0) is 49.1 Å². The molecular weight excluding hydrogens is 525 g/mol. The molecule has 4 aromatic rings. The number of aliphatic carboxylic acids is 1. The highest BCUT2D eigenvalue weighted by atomic mass is 79.9. The van der Waals surface area contributed by atoms with Crippen molar-refractivity contribution in [1.29, 1.82) is 0 Å². The number of fused-ring (bicyclic) bond motifs is 1. The third-order valence-corrected chi connectivity index (χ3v) is 7.37. The quantitative estimate of drug-likeness (QED) is 0.279. The highest BCUT2D eigenvalue weighted by molar-refractivity contribution is 9.10. The SMILES string of the molecule is Cc1ccc(COc2cc(F)c3nc([C@H]4CCCC[C@H]4C(=O)O)n(Cc4ccc(Br)cc4)c3c2)nc1. The molecule has 36 heavy (non-hydrogen) atoms. The van der Waals surface area contributed by atoms with Gasteiger partial charge in [-0.15, -0.1) is 0 Å². The van der Waals surface area contributed by atoms with Gasteiger partial charge in [0.05, 0.1) is 17.1 Å². The van der Waals surface area contributed by atoms with Crippen LogP contribution in [-0.4, -0.2) is 25.6 Å². The Bertz CT molecular complexity index is 1390. The molecular formula is C28H27BrFN3O3. The Balaban J connectivity index is 1.57. The summed E-state index contributed by atoms with van der Waals surface area (Å²) in [6.07, 6.45) is 4.88. The van der Waals surface area contributed by atoms with E-state index >= 15 is 4.39 Å². The zero-order chi connectivity index (χ0) is 25.2. The van der Waals surface area contributed by atoms with Gasteiger partial charge in [-0.2, -0.15) is 0 Å². The van der Waals surface area contributed by atoms with Crippen molar-refractivity contribution in [1.82, 2.24) is 14.5 Å². The fourth-order valence-corrected chi connectivity index (χ4v) is 5.22. The van der Waals surface area contributed by atoms with Crippen LogP contribution >= 0.6 is 15.9 Å². The fraction of sp³-hybridized carbons (Fsp3) is 0.321. The van der Waals surface area contributed by atoms with Gasteiger partial charge in [-0.25, -0.2) is 9.37 Å². The van der Waals surface area contributed by atoms with E-state index in [0.717, 1.165) is 34.1 Å². The molecule has 1 aliphatic carbocycles. The number of aryl methyl sites for hydroxylation is 1. The first-order valence-corrected chi connectivity index (χ1v) is 12.9. The molecule has 1 N–H and O–H groups in total. The first-order valence-electron chi connectivity index (χ1n) is 12.1. The second-order valence-corrected chi connectivity index (χ2v) is 10.3. The van der Waals surface area contributed by atoms with E-state index in [1.807, 2.05) is 47.9 Å². The van der Waals surface area contributed by atoms with Gasteiger partial charge in [0, 0.05) is 35.3 Å². The van der Waals surface area contributed by atoms with Crippen molar-refractivity contribution in [3.8, 4) is 5.75 Å². The standard InChI is InChI=1S/C28H27BrFN3O3/c1-17-6-11-20(31-14-17)16-36-21-12-24(30)26-25(13-21)33(15-18-7-9-19(29)10-8-18)27(32-26)22-4-2-3-5-23(22)28(34)35/h6-14,22-23H,2-5,15-16H2,1H3,(H,34,35)/t22-,23+/m0/s1. The van der Waals surface area contributed by atoms with Crippen molar-refractivity contribution in [3.63, 3.8) is 0 Å². The number of hydrogen-bond donors (Lipinski definition) is 1. The molecule has 5 rings (SSSR count). The molecule has 0 bridgehead atoms. The van der Waals surface area contributed by atoms with Crippen LogP contribution in [0.4, 0.5) is 4.39 Å². The molecule has 1 fully saturated rings. The molecule has 2 aromatic carbocycles. The van der Waals surface area contributed by atoms with Crippen LogP contribution in [0.3, 0.4) is 0 Å². The molecule has 2 heterocycles. The fourth-order valence-electron chi connectivity index (χ4n) is 4.96. The van der Waals surface area contributed by atoms with E-state index < -0.39 is 17.7 Å². The second kappa shape index (κ2) is 10.4. The van der Waals surface area contributed by atoms with Crippen LogP contribution in [-0.2, 0) is 17.9 Å². The maximum absolute atomic E-state index is 15.3. The molecule has 0 radical (unpaired) electrons. The number of carboxylic acids is 1. The molecule has 186 valence electrons. The number of rotatable bonds is 7. The number of aromatic nitrogens is 3. The van der Waals surface area contributed by atoms with Crippen molar-refractivity contribution in [2.45, 2.75) is 51.7 Å². The second-order valence-electron chi connectivity index (χ2n) is 9.41. The lowest BCUT2D eigenvalue weighted by molar-refractivity contribution is -0.143. The van der Waals surface area contributed by atoms with Gasteiger partial charge in [-0.1, -0.05) is 47.0 Å². The number of benzene rings is 2. The lowest BCUT2D eigenvalue weighted by atomic mass is 9.78. The number of carbonyl (C=O) groups is 1. The average molecular weight is 552 g/mol. The van der Waals surface area contributed by atoms with E-state index in [9.17, 15) is 9.90 Å². The van der Waals surface area contributed by atoms with Crippen molar-refractivity contribution in [2.75, 3.05) is 0 Å². The van der Waals surface area contributed by atoms with E-state index in [4.69, 9.17) is 9.72 Å². The van der Waals surface area contributed by atoms with Gasteiger partial charge in [0.1, 0.15) is 23.7 Å². The van der Waals surface area contributed by atoms with Crippen LogP contribution in [0.2, 0.25) is 0 Å². The van der Waals surface area contributed by atoms with E-state index in [0.29, 0.717) is 36.5 Å². The summed E-state index contributed by atoms with van der Waals surface area (Å²) in [4.78, 5) is 21.1. The Hall–Kier alpha value is -3.26. The van der Waals surface area contributed by atoms with Gasteiger partial charge in [0.2, 0.25) is 0 Å². The Labute approximate surface area is 217 Å². The molecule has 0 aliphatic heterocycles. The number of ether oxygens (including phenoxy) is 1. The number of imidazole rings is 1. The Morgan fingerprint density at radius 3 is 2.67 bits per heavy atom. The zero-order valence-electron chi connectivity index (χ0n) is 20.0. The summed E-state index contributed by atoms with van der Waals surface area (Å²) < 4.78 is 24.2. The van der Waals surface area contributed by atoms with Crippen LogP contribution in [0.1, 0.15) is 54.2 Å². The van der Waals surface area contributed by atoms with Crippen molar-refractivity contribution < 1.29 is 19.0 Å². The van der Waals surface area contributed by atoms with Gasteiger partial charge in [-0.3, -0.25) is 9.78 Å². The largest absolute Gasteiger partial charge is 0.487 e. The van der Waals surface area contributed by atoms with Gasteiger partial charge in [0.15, 0.2) is 5.82 Å². The molecule has 0 saturated heterocycles. The number of halogens is 2. The van der Waals surface area contributed by atoms with Gasteiger partial charge in [0.25, 0.3) is 0 Å². The number of nitrogens with zero attached hydrogens (tertiary/aromatic N) is 3. The average Bonchev–Trinajstić information content (AvgIpc) is 3.23. The van der Waals surface area contributed by atoms with E-state index in [1.165, 1.54) is 6.07 Å². The molecule has 8 heteroatoms. The van der Waals surface area contributed by atoms with E-state index in [1.54, 1.807) is 12.3 Å². The maximum atomic E-state index is 15.3. The highest BCUT2D eigenvalue weighted by Crippen LogP contribution is 2.40. The maximum Gasteiger partial charge on any atom is 0.307 e. The number of hydrogen-bond acceptors (Lipinski definition) is 4. The molecule has 0 amide bonds. The number of pyridine rings is 1. The zero-order valence-corrected chi connectivity index (χ0v) is 21.5. The molecule has 6 nitrogen and oxygen atoms in total. The van der Waals surface area contributed by atoms with Crippen LogP contribution in [0.25, 0.3) is 11.0 Å². The monoisotopic (exact) mass is 551 g/mol. The minimum absolute atomic E-state index is 0.211. The lowest BCUT2D eigenvalue weighted by Gasteiger charge is -2.28. The van der Waals surface area contributed by atoms with Crippen LogP contribution in [0.15, 0.2) is 59.2 Å². The summed E-state index contributed by atoms with van der Waals surface area (Å²) in [5.41, 5.74) is 3.64. The van der Waals surface area contributed by atoms with Crippen molar-refractivity contribution in [2.24, 2.45) is 5.92 Å². The third-order valence-electron chi connectivity index (χ3n) is 6.84. The smallest absolute Gasteiger partial charge is 0.307 e. The summed E-state index contributed by atoms with van der Waals surface area (Å²) >= 11 is 3.47. The normalized spacial score (nSPS) is 17.9. The lowest BCUT2D eigenvalue weighted by Crippen LogP contribution is -2.27. The first-order chi connectivity index (χ1) is 17.4. The number of carboxylic acid groups (broad SMARTS) is 1. The molecule has 0 spiro atoms. The highest BCUT2D eigenvalue weighted by Gasteiger charge is 2.35. The van der Waals surface area contributed by atoms with Crippen molar-refractivity contribution >= 4 is 32.9 Å². The van der Waals surface area contributed by atoms with E-state index in [-0.39, 0.29) is 18.0 Å². The third kappa shape index (κ3) is 5.14. The molecule has 2 aromatic heterocycles. The minimum atomic E-state index is -0.822. The predicted molar refractivity (Wildman–Crippen MR) is 139 cm³/mol. The molecule has 1 saturated carbocycles. The summed E-state index contributed by atoms with van der Waals surface area (Å²) in [5.74, 6) is -1.12. The van der Waals surface area contributed by atoms with Gasteiger partial charge >= 0.3 is 5.97 Å². The summed E-state index contributed by atoms with van der Waals surface area (Å²) in [5, 5.41) is 9.91. The Morgan fingerprint density at radius 2 is 1.94 bits per heavy atom. The van der Waals surface area contributed by atoms with Gasteiger partial charge < -0.3 is 14.4 Å². The minimum Gasteiger partial charge on any atom is -0.487 e. The van der Waals surface area contributed by atoms with Crippen LogP contribution in [0.5, 0.6) is 5.75 Å². The van der Waals surface area contributed by atoms with Crippen LogP contribution < -0.4 is 4.74 Å². The summed E-state index contributed by atoms with van der Waals surface area (Å²) in [7, 11) is 0. The Morgan fingerprint density at radius 1 is 1.17 bits per heavy atom. The van der Waals surface area contributed by atoms with Crippen LogP contribution in [0, 0.1) is 18.7 Å². The van der Waals surface area contributed by atoms with E-state index in [2.05, 4.69) is 20.9 Å². The molecule has 0 unspecified atom stereocenters.